The Kier molecular flexibility index (Phi) is 8.58. The topological polar surface area (TPSA) is 45.2 Å². The lowest BCUT2D eigenvalue weighted by Crippen LogP contribution is -2.45. The summed E-state index contributed by atoms with van der Waals surface area (Å²) in [7, 11) is 1.86. The van der Waals surface area contributed by atoms with E-state index in [2.05, 4.69) is 25.7 Å². The Hall–Kier alpha value is -1.15. The van der Waals surface area contributed by atoms with Crippen LogP contribution in [-0.2, 0) is 9.53 Å². The molecule has 1 amide bonds. The molecule has 2 saturated heterocycles. The number of likely N-dealkylation sites (tertiary alicyclic amines) is 1. The summed E-state index contributed by atoms with van der Waals surface area (Å²) in [5.74, 6) is 1.75. The van der Waals surface area contributed by atoms with Crippen molar-refractivity contribution in [2.75, 3.05) is 72.7 Å². The van der Waals surface area contributed by atoms with Gasteiger partial charge in [-0.25, -0.2) is 0 Å². The number of morpholine rings is 1. The number of nitrogens with zero attached hydrogens (tertiary/aromatic N) is 3. The summed E-state index contributed by atoms with van der Waals surface area (Å²) in [6, 6.07) is 7.75. The van der Waals surface area contributed by atoms with Crippen LogP contribution in [0.2, 0.25) is 0 Å². The second-order valence-corrected chi connectivity index (χ2v) is 8.67. The van der Waals surface area contributed by atoms with E-state index >= 15 is 0 Å². The monoisotopic (exact) mass is 453 g/mol. The van der Waals surface area contributed by atoms with Crippen molar-refractivity contribution in [2.45, 2.75) is 12.8 Å². The smallest absolute Gasteiger partial charge is 0.236 e. The Morgan fingerprint density at radius 1 is 1.14 bits per heavy atom. The van der Waals surface area contributed by atoms with Crippen molar-refractivity contribution in [1.82, 2.24) is 14.7 Å². The maximum absolute atomic E-state index is 12.5. The molecule has 7 heteroatoms. The number of amides is 1. The molecule has 6 nitrogen and oxygen atoms in total. The fraction of sp³-hybridized carbons (Fsp3) is 0.667. The summed E-state index contributed by atoms with van der Waals surface area (Å²) >= 11 is 3.41. The third kappa shape index (κ3) is 7.03. The highest BCUT2D eigenvalue weighted by atomic mass is 79.9. The molecule has 28 heavy (non-hydrogen) atoms. The van der Waals surface area contributed by atoms with Crippen LogP contribution in [-0.4, -0.2) is 93.3 Å². The third-order valence-electron chi connectivity index (χ3n) is 5.62. The number of rotatable bonds is 8. The van der Waals surface area contributed by atoms with Crippen molar-refractivity contribution in [3.8, 4) is 5.75 Å². The molecule has 0 saturated carbocycles. The van der Waals surface area contributed by atoms with Crippen LogP contribution in [0.4, 0.5) is 0 Å². The fourth-order valence-electron chi connectivity index (χ4n) is 3.74. The van der Waals surface area contributed by atoms with Gasteiger partial charge in [-0.2, -0.15) is 0 Å². The van der Waals surface area contributed by atoms with Crippen molar-refractivity contribution in [3.05, 3.63) is 28.7 Å². The standard InChI is InChI=1S/C21H32BrN3O3/c1-23(10-15-28-20-4-2-19(22)3-5-20)21(26)17-24-8-6-18(7-9-24)16-25-11-13-27-14-12-25/h2-5,18H,6-17H2,1H3. The highest BCUT2D eigenvalue weighted by Gasteiger charge is 2.24. The molecule has 0 N–H and O–H groups in total. The summed E-state index contributed by atoms with van der Waals surface area (Å²) in [5, 5.41) is 0. The van der Waals surface area contributed by atoms with Gasteiger partial charge in [0.1, 0.15) is 12.4 Å². The molecule has 0 aromatic heterocycles. The molecule has 0 atom stereocenters. The predicted octanol–water partition coefficient (Wildman–Crippen LogP) is 2.33. The number of carbonyl (C=O) groups is 1. The molecule has 1 aromatic rings. The van der Waals surface area contributed by atoms with Crippen LogP contribution in [0.5, 0.6) is 5.75 Å². The lowest BCUT2D eigenvalue weighted by molar-refractivity contribution is -0.131. The van der Waals surface area contributed by atoms with Gasteiger partial charge in [0.15, 0.2) is 0 Å². The number of hydrogen-bond acceptors (Lipinski definition) is 5. The Morgan fingerprint density at radius 3 is 2.50 bits per heavy atom. The zero-order valence-corrected chi connectivity index (χ0v) is 18.4. The molecule has 1 aromatic carbocycles. The number of halogens is 1. The summed E-state index contributed by atoms with van der Waals surface area (Å²) < 4.78 is 12.2. The molecular weight excluding hydrogens is 422 g/mol. The maximum Gasteiger partial charge on any atom is 0.236 e. The molecule has 2 aliphatic heterocycles. The van der Waals surface area contributed by atoms with E-state index in [4.69, 9.17) is 9.47 Å². The second kappa shape index (κ2) is 11.1. The van der Waals surface area contributed by atoms with Crippen molar-refractivity contribution >= 4 is 21.8 Å². The van der Waals surface area contributed by atoms with Gasteiger partial charge in [0.25, 0.3) is 0 Å². The maximum atomic E-state index is 12.5. The van der Waals surface area contributed by atoms with E-state index in [-0.39, 0.29) is 5.91 Å². The molecule has 2 fully saturated rings. The number of piperidine rings is 1. The minimum Gasteiger partial charge on any atom is -0.492 e. The van der Waals surface area contributed by atoms with E-state index in [1.165, 1.54) is 19.4 Å². The Balaban J connectivity index is 1.30. The first-order valence-corrected chi connectivity index (χ1v) is 11.0. The van der Waals surface area contributed by atoms with Crippen LogP contribution >= 0.6 is 15.9 Å². The minimum absolute atomic E-state index is 0.172. The highest BCUT2D eigenvalue weighted by molar-refractivity contribution is 9.10. The molecule has 0 radical (unpaired) electrons. The summed E-state index contributed by atoms with van der Waals surface area (Å²) in [6.07, 6.45) is 2.36. The van der Waals surface area contributed by atoms with E-state index in [0.29, 0.717) is 19.7 Å². The SMILES string of the molecule is CN(CCOc1ccc(Br)cc1)C(=O)CN1CCC(CN2CCOCC2)CC1. The quantitative estimate of drug-likeness (QED) is 0.604. The molecule has 0 spiro atoms. The van der Waals surface area contributed by atoms with Gasteiger partial charge >= 0.3 is 0 Å². The minimum atomic E-state index is 0.172. The largest absolute Gasteiger partial charge is 0.492 e. The highest BCUT2D eigenvalue weighted by Crippen LogP contribution is 2.19. The number of likely N-dealkylation sites (N-methyl/N-ethyl adjacent to an activating group) is 1. The summed E-state index contributed by atoms with van der Waals surface area (Å²) in [4.78, 5) is 19.1. The molecule has 0 bridgehead atoms. The van der Waals surface area contributed by atoms with Crippen molar-refractivity contribution in [2.24, 2.45) is 5.92 Å². The van der Waals surface area contributed by atoms with Gasteiger partial charge in [0.2, 0.25) is 5.91 Å². The molecule has 0 aliphatic carbocycles. The summed E-state index contributed by atoms with van der Waals surface area (Å²) in [5.41, 5.74) is 0. The first-order valence-electron chi connectivity index (χ1n) is 10.2. The molecule has 2 heterocycles. The Morgan fingerprint density at radius 2 is 1.82 bits per heavy atom. The van der Waals surface area contributed by atoms with Crippen LogP contribution in [0.1, 0.15) is 12.8 Å². The van der Waals surface area contributed by atoms with Gasteiger partial charge in [-0.15, -0.1) is 0 Å². The van der Waals surface area contributed by atoms with Crippen LogP contribution in [0.3, 0.4) is 0 Å². The van der Waals surface area contributed by atoms with Crippen LogP contribution < -0.4 is 4.74 Å². The van der Waals surface area contributed by atoms with E-state index in [0.717, 1.165) is 55.5 Å². The Bertz CT molecular complexity index is 599. The number of ether oxygens (including phenoxy) is 2. The van der Waals surface area contributed by atoms with Gasteiger partial charge in [-0.05, 0) is 56.1 Å². The third-order valence-corrected chi connectivity index (χ3v) is 6.15. The lowest BCUT2D eigenvalue weighted by atomic mass is 9.96. The van der Waals surface area contributed by atoms with E-state index in [1.807, 2.05) is 31.3 Å². The molecule has 2 aliphatic rings. The predicted molar refractivity (Wildman–Crippen MR) is 114 cm³/mol. The fourth-order valence-corrected chi connectivity index (χ4v) is 4.01. The molecule has 0 unspecified atom stereocenters. The number of carbonyl (C=O) groups excluding carboxylic acids is 1. The Labute approximate surface area is 176 Å². The average molecular weight is 454 g/mol. The van der Waals surface area contributed by atoms with E-state index in [1.54, 1.807) is 4.90 Å². The molecule has 3 rings (SSSR count). The van der Waals surface area contributed by atoms with Gasteiger partial charge in [-0.1, -0.05) is 15.9 Å². The van der Waals surface area contributed by atoms with Crippen molar-refractivity contribution in [3.63, 3.8) is 0 Å². The number of hydrogen-bond donors (Lipinski definition) is 0. The summed E-state index contributed by atoms with van der Waals surface area (Å²) in [6.45, 7) is 8.69. The van der Waals surface area contributed by atoms with Gasteiger partial charge in [-0.3, -0.25) is 14.6 Å². The first-order chi connectivity index (χ1) is 13.6. The van der Waals surface area contributed by atoms with Crippen LogP contribution in [0.15, 0.2) is 28.7 Å². The van der Waals surface area contributed by atoms with Crippen LogP contribution in [0.25, 0.3) is 0 Å². The van der Waals surface area contributed by atoms with Gasteiger partial charge in [0.05, 0.1) is 26.3 Å². The van der Waals surface area contributed by atoms with Crippen LogP contribution in [0, 0.1) is 5.92 Å². The number of benzene rings is 1. The first kappa shape index (κ1) is 21.6. The van der Waals surface area contributed by atoms with E-state index in [9.17, 15) is 4.79 Å². The normalized spacial score (nSPS) is 19.5. The lowest BCUT2D eigenvalue weighted by Gasteiger charge is -2.36. The zero-order valence-electron chi connectivity index (χ0n) is 16.8. The average Bonchev–Trinajstić information content (AvgIpc) is 2.71. The zero-order chi connectivity index (χ0) is 19.8. The van der Waals surface area contributed by atoms with E-state index < -0.39 is 0 Å². The van der Waals surface area contributed by atoms with Crippen molar-refractivity contribution in [1.29, 1.82) is 0 Å². The molecular formula is C21H32BrN3O3. The van der Waals surface area contributed by atoms with Gasteiger partial charge < -0.3 is 14.4 Å². The van der Waals surface area contributed by atoms with Crippen molar-refractivity contribution < 1.29 is 14.3 Å². The molecule has 156 valence electrons. The van der Waals surface area contributed by atoms with Gasteiger partial charge in [0, 0.05) is 31.2 Å². The second-order valence-electron chi connectivity index (χ2n) is 7.75.